The van der Waals surface area contributed by atoms with E-state index in [9.17, 15) is 13.8 Å². The molecule has 164 valence electrons. The molecule has 1 unspecified atom stereocenters. The highest BCUT2D eigenvalue weighted by Gasteiger charge is 2.21. The predicted molar refractivity (Wildman–Crippen MR) is 126 cm³/mol. The minimum absolute atomic E-state index is 0.222. The van der Waals surface area contributed by atoms with Gasteiger partial charge in [-0.1, -0.05) is 36.4 Å². The van der Waals surface area contributed by atoms with Crippen molar-refractivity contribution in [2.24, 2.45) is 0 Å². The number of carbonyl (C=O) groups excluding carboxylic acids is 2. The average molecular weight is 447 g/mol. The van der Waals surface area contributed by atoms with E-state index in [1.807, 2.05) is 47.6 Å². The zero-order chi connectivity index (χ0) is 22.5. The summed E-state index contributed by atoms with van der Waals surface area (Å²) >= 11 is 0. The summed E-state index contributed by atoms with van der Waals surface area (Å²) in [4.78, 5) is 29.8. The molecule has 1 aliphatic rings. The van der Waals surface area contributed by atoms with E-state index in [4.69, 9.17) is 0 Å². The number of ketones is 2. The zero-order valence-electron chi connectivity index (χ0n) is 18.1. The van der Waals surface area contributed by atoms with Crippen LogP contribution in [0.4, 0.5) is 0 Å². The summed E-state index contributed by atoms with van der Waals surface area (Å²) in [5.74, 6) is 0.180. The fourth-order valence-corrected chi connectivity index (χ4v) is 5.19. The van der Waals surface area contributed by atoms with Crippen LogP contribution >= 0.6 is 0 Å². The van der Waals surface area contributed by atoms with Crippen LogP contribution in [-0.2, 0) is 24.0 Å². The molecule has 4 rings (SSSR count). The van der Waals surface area contributed by atoms with Gasteiger partial charge in [-0.2, -0.15) is 0 Å². The van der Waals surface area contributed by atoms with Crippen molar-refractivity contribution in [2.45, 2.75) is 32.7 Å². The Morgan fingerprint density at radius 1 is 0.969 bits per heavy atom. The molecule has 0 amide bonds. The SMILES string of the molecule is Cc1ccnc(C(=O)CC(=O)c2cc(Cc3ccccc3)cc(CN3CCCS3=O)c2)c1. The summed E-state index contributed by atoms with van der Waals surface area (Å²) in [6, 6.07) is 19.4. The van der Waals surface area contributed by atoms with Crippen molar-refractivity contribution in [1.82, 2.24) is 9.29 Å². The van der Waals surface area contributed by atoms with E-state index in [0.29, 0.717) is 30.0 Å². The second-order valence-corrected chi connectivity index (χ2v) is 9.75. The Morgan fingerprint density at radius 2 is 1.75 bits per heavy atom. The summed E-state index contributed by atoms with van der Waals surface area (Å²) < 4.78 is 14.2. The van der Waals surface area contributed by atoms with Crippen molar-refractivity contribution >= 4 is 22.6 Å². The fourth-order valence-electron chi connectivity index (χ4n) is 3.93. The second kappa shape index (κ2) is 10.1. The molecular weight excluding hydrogens is 420 g/mol. The molecule has 0 saturated carbocycles. The van der Waals surface area contributed by atoms with Crippen LogP contribution in [0.1, 0.15) is 55.9 Å². The minimum Gasteiger partial charge on any atom is -0.294 e. The molecule has 32 heavy (non-hydrogen) atoms. The molecule has 1 aliphatic heterocycles. The molecule has 0 radical (unpaired) electrons. The molecule has 6 heteroatoms. The van der Waals surface area contributed by atoms with Gasteiger partial charge in [-0.05, 0) is 66.3 Å². The van der Waals surface area contributed by atoms with Crippen LogP contribution in [-0.4, -0.2) is 37.4 Å². The number of hydrogen-bond donors (Lipinski definition) is 0. The van der Waals surface area contributed by atoms with Crippen molar-refractivity contribution in [3.63, 3.8) is 0 Å². The standard InChI is InChI=1S/C26H26N2O3S/c1-19-8-9-27-24(12-19)26(30)17-25(29)23-15-21(13-20-6-3-2-4-7-20)14-22(16-23)18-28-10-5-11-32(28)31/h2-4,6-9,12,14-16H,5,10-11,13,17-18H2,1H3. The molecule has 2 heterocycles. The van der Waals surface area contributed by atoms with Crippen LogP contribution in [0, 0.1) is 6.92 Å². The highest BCUT2D eigenvalue weighted by Crippen LogP contribution is 2.20. The highest BCUT2D eigenvalue weighted by atomic mass is 32.2. The molecule has 1 aromatic heterocycles. The van der Waals surface area contributed by atoms with Gasteiger partial charge in [-0.3, -0.25) is 14.6 Å². The van der Waals surface area contributed by atoms with Crippen LogP contribution < -0.4 is 0 Å². The van der Waals surface area contributed by atoms with Gasteiger partial charge in [-0.15, -0.1) is 0 Å². The van der Waals surface area contributed by atoms with Gasteiger partial charge >= 0.3 is 0 Å². The van der Waals surface area contributed by atoms with E-state index in [-0.39, 0.29) is 18.0 Å². The van der Waals surface area contributed by atoms with E-state index in [1.165, 1.54) is 0 Å². The Kier molecular flexibility index (Phi) is 7.02. The minimum atomic E-state index is -0.973. The Morgan fingerprint density at radius 3 is 2.47 bits per heavy atom. The first-order valence-corrected chi connectivity index (χ1v) is 12.0. The highest BCUT2D eigenvalue weighted by molar-refractivity contribution is 7.82. The summed E-state index contributed by atoms with van der Waals surface area (Å²) in [7, 11) is -0.973. The molecule has 3 aromatic rings. The van der Waals surface area contributed by atoms with Crippen LogP contribution in [0.3, 0.4) is 0 Å². The number of Topliss-reactive ketones (excluding diaryl/α,β-unsaturated/α-hetero) is 2. The van der Waals surface area contributed by atoms with Gasteiger partial charge in [0.2, 0.25) is 0 Å². The molecule has 1 saturated heterocycles. The third-order valence-corrected chi connectivity index (χ3v) is 7.05. The van der Waals surface area contributed by atoms with Gasteiger partial charge in [0.15, 0.2) is 11.6 Å². The van der Waals surface area contributed by atoms with Crippen LogP contribution in [0.15, 0.2) is 66.9 Å². The fraction of sp³-hybridized carbons (Fsp3) is 0.269. The van der Waals surface area contributed by atoms with Gasteiger partial charge < -0.3 is 0 Å². The van der Waals surface area contributed by atoms with Crippen LogP contribution in [0.2, 0.25) is 0 Å². The number of carbonyl (C=O) groups is 2. The molecule has 1 atom stereocenters. The van der Waals surface area contributed by atoms with E-state index >= 15 is 0 Å². The van der Waals surface area contributed by atoms with Gasteiger partial charge in [0.05, 0.1) is 17.4 Å². The van der Waals surface area contributed by atoms with Crippen molar-refractivity contribution < 1.29 is 13.8 Å². The van der Waals surface area contributed by atoms with E-state index in [1.54, 1.807) is 12.3 Å². The number of pyridine rings is 1. The number of nitrogens with zero attached hydrogens (tertiary/aromatic N) is 2. The zero-order valence-corrected chi connectivity index (χ0v) is 18.9. The van der Waals surface area contributed by atoms with Gasteiger partial charge in [0.1, 0.15) is 5.69 Å². The lowest BCUT2D eigenvalue weighted by Gasteiger charge is -2.15. The maximum atomic E-state index is 13.0. The van der Waals surface area contributed by atoms with Gasteiger partial charge in [-0.25, -0.2) is 8.51 Å². The maximum Gasteiger partial charge on any atom is 0.188 e. The second-order valence-electron chi connectivity index (χ2n) is 8.18. The quantitative estimate of drug-likeness (QED) is 0.382. The van der Waals surface area contributed by atoms with Crippen molar-refractivity contribution in [3.8, 4) is 0 Å². The van der Waals surface area contributed by atoms with Gasteiger partial charge in [0.25, 0.3) is 0 Å². The molecule has 0 spiro atoms. The first kappa shape index (κ1) is 22.2. The number of aromatic nitrogens is 1. The lowest BCUT2D eigenvalue weighted by Crippen LogP contribution is -2.20. The Bertz CT molecular complexity index is 1160. The monoisotopic (exact) mass is 446 g/mol. The topological polar surface area (TPSA) is 67.3 Å². The summed E-state index contributed by atoms with van der Waals surface area (Å²) in [5, 5.41) is 0. The number of aryl methyl sites for hydroxylation is 1. The Hall–Kier alpha value is -2.96. The molecular formula is C26H26N2O3S. The number of rotatable bonds is 8. The summed E-state index contributed by atoms with van der Waals surface area (Å²) in [6.07, 6.45) is 2.97. The Balaban J connectivity index is 1.59. The van der Waals surface area contributed by atoms with E-state index in [2.05, 4.69) is 23.2 Å². The summed E-state index contributed by atoms with van der Waals surface area (Å²) in [6.45, 7) is 3.21. The molecule has 2 aromatic carbocycles. The van der Waals surface area contributed by atoms with Gasteiger partial charge in [0, 0.05) is 30.6 Å². The van der Waals surface area contributed by atoms with E-state index < -0.39 is 11.0 Å². The Labute approximate surface area is 191 Å². The van der Waals surface area contributed by atoms with Crippen LogP contribution in [0.5, 0.6) is 0 Å². The largest absolute Gasteiger partial charge is 0.294 e. The lowest BCUT2D eigenvalue weighted by atomic mass is 9.96. The van der Waals surface area contributed by atoms with Crippen molar-refractivity contribution in [3.05, 3.63) is 100 Å². The third-order valence-electron chi connectivity index (χ3n) is 5.52. The predicted octanol–water partition coefficient (Wildman–Crippen LogP) is 4.31. The first-order chi connectivity index (χ1) is 15.5. The number of hydrogen-bond acceptors (Lipinski definition) is 4. The molecule has 1 fully saturated rings. The first-order valence-electron chi connectivity index (χ1n) is 10.8. The number of benzene rings is 2. The molecule has 0 aliphatic carbocycles. The maximum absolute atomic E-state index is 13.0. The molecule has 0 bridgehead atoms. The lowest BCUT2D eigenvalue weighted by molar-refractivity contribution is 0.0891. The smallest absolute Gasteiger partial charge is 0.188 e. The van der Waals surface area contributed by atoms with Crippen LogP contribution in [0.25, 0.3) is 0 Å². The summed E-state index contributed by atoms with van der Waals surface area (Å²) in [5.41, 5.74) is 4.85. The van der Waals surface area contributed by atoms with E-state index in [0.717, 1.165) is 35.2 Å². The van der Waals surface area contributed by atoms with Crippen molar-refractivity contribution in [1.29, 1.82) is 0 Å². The molecule has 5 nitrogen and oxygen atoms in total. The normalized spacial score (nSPS) is 16.2. The third kappa shape index (κ3) is 5.64. The average Bonchev–Trinajstić information content (AvgIpc) is 3.18. The van der Waals surface area contributed by atoms with Crippen molar-refractivity contribution in [2.75, 3.05) is 12.3 Å². The molecule has 0 N–H and O–H groups in total.